The first-order chi connectivity index (χ1) is 13.6. The molecule has 0 amide bonds. The van der Waals surface area contributed by atoms with E-state index in [2.05, 4.69) is 15.1 Å². The normalized spacial score (nSPS) is 14.9. The number of oxime groups is 1. The SMILES string of the molecule is CCCON=C1C=C(Oc2nc(C)nc(SC)c2OC(=O)C=COC)C=CC1. The molecule has 1 aliphatic rings. The number of hydrogen-bond donors (Lipinski definition) is 0. The van der Waals surface area contributed by atoms with Gasteiger partial charge in [-0.2, -0.15) is 4.98 Å². The van der Waals surface area contributed by atoms with E-state index >= 15 is 0 Å². The molecule has 0 saturated heterocycles. The van der Waals surface area contributed by atoms with E-state index < -0.39 is 5.97 Å². The number of aryl methyl sites for hydroxylation is 1. The van der Waals surface area contributed by atoms with E-state index in [0.717, 1.165) is 18.2 Å². The van der Waals surface area contributed by atoms with Gasteiger partial charge in [0.15, 0.2) is 0 Å². The molecule has 1 aliphatic carbocycles. The number of rotatable bonds is 9. The van der Waals surface area contributed by atoms with Gasteiger partial charge in [0.2, 0.25) is 5.75 Å². The van der Waals surface area contributed by atoms with E-state index in [1.165, 1.54) is 25.1 Å². The molecule has 1 aromatic rings. The minimum absolute atomic E-state index is 0.141. The highest BCUT2D eigenvalue weighted by molar-refractivity contribution is 7.98. The van der Waals surface area contributed by atoms with Gasteiger partial charge in [-0.15, -0.1) is 11.8 Å². The van der Waals surface area contributed by atoms with Crippen LogP contribution in [0.2, 0.25) is 0 Å². The van der Waals surface area contributed by atoms with Crippen molar-refractivity contribution < 1.29 is 23.8 Å². The zero-order valence-electron chi connectivity index (χ0n) is 16.3. The molecular weight excluding hydrogens is 382 g/mol. The van der Waals surface area contributed by atoms with Gasteiger partial charge in [-0.25, -0.2) is 9.78 Å². The van der Waals surface area contributed by atoms with Crippen molar-refractivity contribution in [2.45, 2.75) is 31.7 Å². The van der Waals surface area contributed by atoms with E-state index in [1.54, 1.807) is 19.1 Å². The summed E-state index contributed by atoms with van der Waals surface area (Å²) in [7, 11) is 1.44. The molecule has 0 atom stereocenters. The topological polar surface area (TPSA) is 92.1 Å². The molecule has 1 aromatic heterocycles. The summed E-state index contributed by atoms with van der Waals surface area (Å²) in [4.78, 5) is 25.8. The van der Waals surface area contributed by atoms with Gasteiger partial charge in [0.1, 0.15) is 23.2 Å². The number of esters is 1. The predicted octanol–water partition coefficient (Wildman–Crippen LogP) is 3.58. The second-order valence-electron chi connectivity index (χ2n) is 5.55. The van der Waals surface area contributed by atoms with Crippen LogP contribution in [0.15, 0.2) is 46.5 Å². The van der Waals surface area contributed by atoms with Crippen molar-refractivity contribution in [3.63, 3.8) is 0 Å². The third-order valence-electron chi connectivity index (χ3n) is 3.26. The molecule has 0 saturated carbocycles. The maximum Gasteiger partial charge on any atom is 0.339 e. The Bertz CT molecular complexity index is 818. The van der Waals surface area contributed by atoms with E-state index in [-0.39, 0.29) is 11.6 Å². The summed E-state index contributed by atoms with van der Waals surface area (Å²) in [5.74, 6) is 0.650. The number of carbonyl (C=O) groups is 1. The Morgan fingerprint density at radius 3 is 2.93 bits per heavy atom. The number of thioether (sulfide) groups is 1. The molecule has 28 heavy (non-hydrogen) atoms. The lowest BCUT2D eigenvalue weighted by Crippen LogP contribution is -2.11. The Hall–Kier alpha value is -2.81. The van der Waals surface area contributed by atoms with E-state index in [9.17, 15) is 4.79 Å². The van der Waals surface area contributed by atoms with Crippen molar-refractivity contribution in [3.05, 3.63) is 42.1 Å². The number of nitrogens with zero attached hydrogens (tertiary/aromatic N) is 3. The monoisotopic (exact) mass is 405 g/mol. The van der Waals surface area contributed by atoms with Crippen LogP contribution in [-0.4, -0.2) is 41.6 Å². The van der Waals surface area contributed by atoms with Crippen molar-refractivity contribution in [3.8, 4) is 11.6 Å². The summed E-state index contributed by atoms with van der Waals surface area (Å²) in [6.07, 6.45) is 11.2. The lowest BCUT2D eigenvalue weighted by Gasteiger charge is -2.14. The third kappa shape index (κ3) is 6.41. The molecule has 1 heterocycles. The van der Waals surface area contributed by atoms with Gasteiger partial charge in [0.25, 0.3) is 5.88 Å². The van der Waals surface area contributed by atoms with Crippen molar-refractivity contribution >= 4 is 23.4 Å². The van der Waals surface area contributed by atoms with E-state index in [4.69, 9.17) is 19.0 Å². The van der Waals surface area contributed by atoms with Crippen LogP contribution in [0.5, 0.6) is 11.6 Å². The zero-order valence-corrected chi connectivity index (χ0v) is 17.1. The summed E-state index contributed by atoms with van der Waals surface area (Å²) >= 11 is 1.32. The number of ether oxygens (including phenoxy) is 3. The predicted molar refractivity (Wildman–Crippen MR) is 106 cm³/mol. The zero-order chi connectivity index (χ0) is 20.4. The van der Waals surface area contributed by atoms with Crippen LogP contribution in [0, 0.1) is 6.92 Å². The Labute approximate surface area is 168 Å². The van der Waals surface area contributed by atoms with E-state index in [0.29, 0.717) is 29.6 Å². The fraction of sp³-hybridized carbons (Fsp3) is 0.368. The molecule has 150 valence electrons. The first-order valence-electron chi connectivity index (χ1n) is 8.66. The molecule has 0 aliphatic heterocycles. The molecule has 0 unspecified atom stereocenters. The molecular formula is C19H23N3O5S. The average Bonchev–Trinajstić information content (AvgIpc) is 2.68. The molecule has 0 aromatic carbocycles. The lowest BCUT2D eigenvalue weighted by molar-refractivity contribution is -0.129. The van der Waals surface area contributed by atoms with Gasteiger partial charge in [0, 0.05) is 12.5 Å². The fourth-order valence-corrected chi connectivity index (χ4v) is 2.63. The van der Waals surface area contributed by atoms with Crippen LogP contribution in [0.4, 0.5) is 0 Å². The maximum atomic E-state index is 12.0. The summed E-state index contributed by atoms with van der Waals surface area (Å²) in [5.41, 5.74) is 0.725. The Kier molecular flexibility index (Phi) is 8.54. The van der Waals surface area contributed by atoms with E-state index in [1.807, 2.05) is 19.3 Å². The summed E-state index contributed by atoms with van der Waals surface area (Å²) in [6, 6.07) is 0. The van der Waals surface area contributed by atoms with Gasteiger partial charge in [0.05, 0.1) is 25.2 Å². The number of aromatic nitrogens is 2. The highest BCUT2D eigenvalue weighted by atomic mass is 32.2. The van der Waals surface area contributed by atoms with Crippen molar-refractivity contribution in [1.82, 2.24) is 9.97 Å². The van der Waals surface area contributed by atoms with Crippen LogP contribution in [0.1, 0.15) is 25.6 Å². The molecule has 0 N–H and O–H groups in total. The number of carbonyl (C=O) groups excluding carboxylic acids is 1. The summed E-state index contributed by atoms with van der Waals surface area (Å²) in [6.45, 7) is 4.30. The first kappa shape index (κ1) is 21.5. The molecule has 0 fully saturated rings. The second kappa shape index (κ2) is 11.1. The number of hydrogen-bond acceptors (Lipinski definition) is 9. The molecule has 9 heteroatoms. The van der Waals surface area contributed by atoms with Crippen molar-refractivity contribution in [2.24, 2.45) is 5.16 Å². The van der Waals surface area contributed by atoms with Crippen molar-refractivity contribution in [2.75, 3.05) is 20.0 Å². The molecule has 0 bridgehead atoms. The minimum Gasteiger partial charge on any atom is -0.504 e. The fourth-order valence-electron chi connectivity index (χ4n) is 2.09. The standard InChI is InChI=1S/C19H23N3O5S/c1-5-10-25-22-14-7-6-8-15(12-14)26-18-17(27-16(23)9-11-24-3)19(28-4)21-13(2)20-18/h6,8-9,11-12H,5,7,10H2,1-4H3. The maximum absolute atomic E-state index is 12.0. The van der Waals surface area contributed by atoms with Crippen LogP contribution in [0.3, 0.4) is 0 Å². The molecule has 8 nitrogen and oxygen atoms in total. The average molecular weight is 405 g/mol. The highest BCUT2D eigenvalue weighted by Crippen LogP contribution is 2.35. The van der Waals surface area contributed by atoms with Gasteiger partial charge < -0.3 is 19.0 Å². The van der Waals surface area contributed by atoms with Crippen LogP contribution in [-0.2, 0) is 14.4 Å². The van der Waals surface area contributed by atoms with Gasteiger partial charge >= 0.3 is 5.97 Å². The smallest absolute Gasteiger partial charge is 0.339 e. The quantitative estimate of drug-likeness (QED) is 0.117. The number of allylic oxidation sites excluding steroid dienone is 3. The highest BCUT2D eigenvalue weighted by Gasteiger charge is 2.20. The molecule has 2 rings (SSSR count). The lowest BCUT2D eigenvalue weighted by atomic mass is 10.1. The van der Waals surface area contributed by atoms with Crippen LogP contribution < -0.4 is 9.47 Å². The number of methoxy groups -OCH3 is 1. The third-order valence-corrected chi connectivity index (χ3v) is 3.92. The Balaban J connectivity index is 2.29. The molecule has 0 spiro atoms. The first-order valence-corrected chi connectivity index (χ1v) is 9.88. The summed E-state index contributed by atoms with van der Waals surface area (Å²) in [5, 5.41) is 4.57. The summed E-state index contributed by atoms with van der Waals surface area (Å²) < 4.78 is 16.0. The Morgan fingerprint density at radius 1 is 1.39 bits per heavy atom. The molecule has 0 radical (unpaired) electrons. The van der Waals surface area contributed by atoms with Gasteiger partial charge in [-0.05, 0) is 25.7 Å². The largest absolute Gasteiger partial charge is 0.504 e. The Morgan fingerprint density at radius 2 is 2.21 bits per heavy atom. The van der Waals surface area contributed by atoms with Gasteiger partial charge in [-0.3, -0.25) is 0 Å². The van der Waals surface area contributed by atoms with Crippen LogP contribution >= 0.6 is 11.8 Å². The van der Waals surface area contributed by atoms with Gasteiger partial charge in [-0.1, -0.05) is 18.2 Å². The minimum atomic E-state index is -0.627. The van der Waals surface area contributed by atoms with Crippen molar-refractivity contribution in [1.29, 1.82) is 0 Å². The second-order valence-corrected chi connectivity index (χ2v) is 6.34. The van der Waals surface area contributed by atoms with Crippen LogP contribution in [0.25, 0.3) is 0 Å².